The minimum absolute atomic E-state index is 0.0463. The molecule has 0 aliphatic heterocycles. The highest BCUT2D eigenvalue weighted by molar-refractivity contribution is 6.32. The molecule has 2 aromatic heterocycles. The van der Waals surface area contributed by atoms with E-state index in [0.717, 1.165) is 16.6 Å². The number of aromatic amines is 1. The van der Waals surface area contributed by atoms with Crippen molar-refractivity contribution in [1.29, 1.82) is 0 Å². The van der Waals surface area contributed by atoms with Crippen LogP contribution in [0.4, 0.5) is 0 Å². The lowest BCUT2D eigenvalue weighted by Gasteiger charge is -2.25. The van der Waals surface area contributed by atoms with Gasteiger partial charge < -0.3 is 4.98 Å². The van der Waals surface area contributed by atoms with Gasteiger partial charge in [-0.15, -0.1) is 0 Å². The monoisotopic (exact) mass is 229 g/mol. The Balaban J connectivity index is 2.28. The van der Waals surface area contributed by atoms with Gasteiger partial charge in [0.2, 0.25) is 0 Å². The average Bonchev–Trinajstić information content (AvgIpc) is 3.01. The maximum absolute atomic E-state index is 12.1. The molecule has 1 saturated carbocycles. The van der Waals surface area contributed by atoms with Gasteiger partial charge in [-0.3, -0.25) is 4.57 Å². The highest BCUT2D eigenvalue weighted by Crippen LogP contribution is 2.43. The van der Waals surface area contributed by atoms with E-state index in [1.54, 1.807) is 0 Å². The van der Waals surface area contributed by atoms with Crippen molar-refractivity contribution in [3.05, 3.63) is 22.7 Å². The van der Waals surface area contributed by atoms with Crippen LogP contribution >= 0.6 is 0 Å². The molecule has 17 heavy (non-hydrogen) atoms. The van der Waals surface area contributed by atoms with Crippen LogP contribution in [-0.4, -0.2) is 22.4 Å². The van der Waals surface area contributed by atoms with E-state index in [-0.39, 0.29) is 11.2 Å². The van der Waals surface area contributed by atoms with Crippen molar-refractivity contribution in [1.82, 2.24) is 14.5 Å². The summed E-state index contributed by atoms with van der Waals surface area (Å²) >= 11 is 0. The topological polar surface area (TPSA) is 50.7 Å². The molecule has 0 bridgehead atoms. The van der Waals surface area contributed by atoms with Crippen LogP contribution in [0.15, 0.2) is 17.1 Å². The maximum Gasteiger partial charge on any atom is 0.328 e. The Morgan fingerprint density at radius 2 is 2.24 bits per heavy atom. The molecule has 0 radical (unpaired) electrons. The molecule has 0 aromatic carbocycles. The van der Waals surface area contributed by atoms with Gasteiger partial charge in [-0.25, -0.2) is 9.78 Å². The average molecular weight is 229 g/mol. The van der Waals surface area contributed by atoms with E-state index >= 15 is 0 Å². The molecule has 5 heteroatoms. The van der Waals surface area contributed by atoms with Crippen LogP contribution in [0.5, 0.6) is 0 Å². The SMILES string of the molecule is Bc1cnc2c(c1)[nH]c(=O)n2C(C)(C)C1CC1. The van der Waals surface area contributed by atoms with Gasteiger partial charge >= 0.3 is 5.69 Å². The van der Waals surface area contributed by atoms with Gasteiger partial charge in [0.1, 0.15) is 7.85 Å². The zero-order valence-electron chi connectivity index (χ0n) is 10.4. The number of nitrogens with one attached hydrogen (secondary N) is 1. The fourth-order valence-electron chi connectivity index (χ4n) is 2.61. The molecule has 1 aliphatic carbocycles. The summed E-state index contributed by atoms with van der Waals surface area (Å²) in [5.74, 6) is 0.599. The normalized spacial score (nSPS) is 16.6. The molecule has 0 unspecified atom stereocenters. The second-order valence-corrected chi connectivity index (χ2v) is 5.58. The Bertz CT molecular complexity index is 637. The van der Waals surface area contributed by atoms with Gasteiger partial charge in [0.15, 0.2) is 5.65 Å². The van der Waals surface area contributed by atoms with Gasteiger partial charge in [-0.05, 0) is 38.7 Å². The summed E-state index contributed by atoms with van der Waals surface area (Å²) in [4.78, 5) is 19.4. The molecule has 0 saturated heterocycles. The van der Waals surface area contributed by atoms with E-state index in [0.29, 0.717) is 5.92 Å². The largest absolute Gasteiger partial charge is 0.328 e. The standard InChI is InChI=1S/C12H16BN3O/c1-12(2,7-3-4-7)16-10-9(15-11(16)17)5-8(13)6-14-10/h5-7H,3-4,13H2,1-2H3,(H,15,17). The van der Waals surface area contributed by atoms with Gasteiger partial charge in [-0.2, -0.15) is 0 Å². The molecule has 1 aliphatic rings. The highest BCUT2D eigenvalue weighted by atomic mass is 16.1. The first kappa shape index (κ1) is 10.6. The van der Waals surface area contributed by atoms with Crippen LogP contribution in [-0.2, 0) is 5.54 Å². The third kappa shape index (κ3) is 1.52. The zero-order chi connectivity index (χ0) is 12.2. The Morgan fingerprint density at radius 3 is 2.88 bits per heavy atom. The minimum atomic E-state index is -0.141. The van der Waals surface area contributed by atoms with Crippen molar-refractivity contribution >= 4 is 24.5 Å². The third-order valence-electron chi connectivity index (χ3n) is 3.81. The van der Waals surface area contributed by atoms with E-state index in [1.807, 2.05) is 24.7 Å². The second kappa shape index (κ2) is 3.25. The van der Waals surface area contributed by atoms with Crippen LogP contribution in [0.25, 0.3) is 11.2 Å². The van der Waals surface area contributed by atoms with Crippen LogP contribution in [0.3, 0.4) is 0 Å². The third-order valence-corrected chi connectivity index (χ3v) is 3.81. The Labute approximate surface area is 100 Å². The van der Waals surface area contributed by atoms with Gasteiger partial charge in [-0.1, -0.05) is 5.46 Å². The summed E-state index contributed by atoms with van der Waals surface area (Å²) in [6.45, 7) is 4.25. The molecule has 3 rings (SSSR count). The van der Waals surface area contributed by atoms with Gasteiger partial charge in [0.25, 0.3) is 0 Å². The molecule has 0 atom stereocenters. The molecule has 4 nitrogen and oxygen atoms in total. The zero-order valence-corrected chi connectivity index (χ0v) is 10.4. The molecular weight excluding hydrogens is 213 g/mol. The molecule has 1 N–H and O–H groups in total. The predicted molar refractivity (Wildman–Crippen MR) is 70.6 cm³/mol. The maximum atomic E-state index is 12.1. The Hall–Kier alpha value is -1.52. The first-order valence-electron chi connectivity index (χ1n) is 6.08. The summed E-state index contributed by atoms with van der Waals surface area (Å²) in [5, 5.41) is 0. The van der Waals surface area contributed by atoms with E-state index in [1.165, 1.54) is 12.8 Å². The first-order chi connectivity index (χ1) is 8.00. The summed E-state index contributed by atoms with van der Waals surface area (Å²) in [5.41, 5.74) is 2.49. The molecule has 2 heterocycles. The predicted octanol–water partition coefficient (Wildman–Crippen LogP) is 0.128. The van der Waals surface area contributed by atoms with Crippen molar-refractivity contribution in [3.8, 4) is 0 Å². The smallest absolute Gasteiger partial charge is 0.304 e. The number of pyridine rings is 1. The first-order valence-corrected chi connectivity index (χ1v) is 6.08. The van der Waals surface area contributed by atoms with E-state index in [9.17, 15) is 4.79 Å². The van der Waals surface area contributed by atoms with Crippen molar-refractivity contribution in [3.63, 3.8) is 0 Å². The number of H-pyrrole nitrogens is 1. The van der Waals surface area contributed by atoms with E-state index in [2.05, 4.69) is 23.8 Å². The molecule has 0 spiro atoms. The molecule has 2 aromatic rings. The van der Waals surface area contributed by atoms with E-state index in [4.69, 9.17) is 0 Å². The minimum Gasteiger partial charge on any atom is -0.304 e. The fraction of sp³-hybridized carbons (Fsp3) is 0.500. The lowest BCUT2D eigenvalue weighted by atomic mass is 9.97. The number of fused-ring (bicyclic) bond motifs is 1. The quantitative estimate of drug-likeness (QED) is 0.744. The number of hydrogen-bond donors (Lipinski definition) is 1. The number of aromatic nitrogens is 3. The number of imidazole rings is 1. The molecule has 1 fully saturated rings. The number of rotatable bonds is 2. The summed E-state index contributed by atoms with van der Waals surface area (Å²) in [6.07, 6.45) is 4.23. The number of hydrogen-bond acceptors (Lipinski definition) is 2. The molecule has 88 valence electrons. The highest BCUT2D eigenvalue weighted by Gasteiger charge is 2.41. The molecule has 0 amide bonds. The van der Waals surface area contributed by atoms with E-state index < -0.39 is 0 Å². The Morgan fingerprint density at radius 1 is 1.53 bits per heavy atom. The van der Waals surface area contributed by atoms with Crippen molar-refractivity contribution < 1.29 is 0 Å². The van der Waals surface area contributed by atoms with Crippen molar-refractivity contribution in [2.45, 2.75) is 32.2 Å². The second-order valence-electron chi connectivity index (χ2n) is 5.58. The van der Waals surface area contributed by atoms with Crippen molar-refractivity contribution in [2.24, 2.45) is 5.92 Å². The Kier molecular flexibility index (Phi) is 2.03. The van der Waals surface area contributed by atoms with Crippen LogP contribution in [0.2, 0.25) is 0 Å². The number of nitrogens with zero attached hydrogens (tertiary/aromatic N) is 2. The van der Waals surface area contributed by atoms with Crippen LogP contribution in [0, 0.1) is 5.92 Å². The van der Waals surface area contributed by atoms with Gasteiger partial charge in [0.05, 0.1) is 5.52 Å². The summed E-state index contributed by atoms with van der Waals surface area (Å²) in [6, 6.07) is 1.98. The summed E-state index contributed by atoms with van der Waals surface area (Å²) < 4.78 is 1.82. The fourth-order valence-corrected chi connectivity index (χ4v) is 2.61. The lowest BCUT2D eigenvalue weighted by molar-refractivity contribution is 0.304. The van der Waals surface area contributed by atoms with Gasteiger partial charge in [0, 0.05) is 11.7 Å². The van der Waals surface area contributed by atoms with Crippen LogP contribution in [0.1, 0.15) is 26.7 Å². The summed E-state index contributed by atoms with van der Waals surface area (Å²) in [7, 11) is 1.98. The lowest BCUT2D eigenvalue weighted by Crippen LogP contribution is -2.36. The van der Waals surface area contributed by atoms with Crippen LogP contribution < -0.4 is 11.2 Å². The molecular formula is C12H16BN3O. The van der Waals surface area contributed by atoms with Crippen molar-refractivity contribution in [2.75, 3.05) is 0 Å².